The molecule has 2 aliphatic heterocycles. The van der Waals surface area contributed by atoms with Gasteiger partial charge in [0.2, 0.25) is 5.91 Å². The molecule has 0 radical (unpaired) electrons. The van der Waals surface area contributed by atoms with E-state index in [1.807, 2.05) is 12.1 Å². The summed E-state index contributed by atoms with van der Waals surface area (Å²) in [6.07, 6.45) is 7.84. The van der Waals surface area contributed by atoms with E-state index in [0.717, 1.165) is 37.9 Å². The lowest BCUT2D eigenvalue weighted by molar-refractivity contribution is -0.133. The Kier molecular flexibility index (Phi) is 5.04. The van der Waals surface area contributed by atoms with Gasteiger partial charge in [-0.15, -0.1) is 0 Å². The molecule has 1 aromatic carbocycles. The van der Waals surface area contributed by atoms with E-state index < -0.39 is 0 Å². The maximum Gasteiger partial charge on any atom is 0.223 e. The second kappa shape index (κ2) is 7.42. The predicted octanol–water partition coefficient (Wildman–Crippen LogP) is 2.96. The standard InChI is InChI=1S/C20H28FN3O/c21-16-9-7-15(8-10-16)17-13-22-23-20(17)18-6-3-11-24(18)19(25)12-14-4-1-2-5-14/h7-10,14,17-18,20,22-23H,1-6,11-13H2. The van der Waals surface area contributed by atoms with Crippen LogP contribution in [0.3, 0.4) is 0 Å². The van der Waals surface area contributed by atoms with Crippen molar-refractivity contribution in [3.63, 3.8) is 0 Å². The minimum Gasteiger partial charge on any atom is -0.338 e. The van der Waals surface area contributed by atoms with Crippen molar-refractivity contribution in [2.75, 3.05) is 13.1 Å². The van der Waals surface area contributed by atoms with Crippen LogP contribution in [0.2, 0.25) is 0 Å². The molecule has 4 rings (SSSR count). The lowest BCUT2D eigenvalue weighted by Gasteiger charge is -2.33. The summed E-state index contributed by atoms with van der Waals surface area (Å²) in [5, 5.41) is 0. The zero-order chi connectivity index (χ0) is 17.2. The third-order valence-electron chi connectivity index (χ3n) is 6.29. The van der Waals surface area contributed by atoms with Crippen LogP contribution in [-0.4, -0.2) is 36.0 Å². The number of amides is 1. The van der Waals surface area contributed by atoms with E-state index in [-0.39, 0.29) is 23.8 Å². The average Bonchev–Trinajstić information content (AvgIpc) is 3.36. The third kappa shape index (κ3) is 3.58. The van der Waals surface area contributed by atoms with E-state index in [4.69, 9.17) is 0 Å². The van der Waals surface area contributed by atoms with Gasteiger partial charge in [-0.05, 0) is 49.3 Å². The van der Waals surface area contributed by atoms with E-state index in [1.165, 1.54) is 37.8 Å². The summed E-state index contributed by atoms with van der Waals surface area (Å²) in [5.74, 6) is 0.996. The van der Waals surface area contributed by atoms with E-state index in [9.17, 15) is 9.18 Å². The number of carbonyl (C=O) groups excluding carboxylic acids is 1. The molecule has 25 heavy (non-hydrogen) atoms. The summed E-state index contributed by atoms with van der Waals surface area (Å²) in [5.41, 5.74) is 7.80. The number of carbonyl (C=O) groups is 1. The maximum atomic E-state index is 13.2. The monoisotopic (exact) mass is 345 g/mol. The fraction of sp³-hybridized carbons (Fsp3) is 0.650. The van der Waals surface area contributed by atoms with E-state index >= 15 is 0 Å². The average molecular weight is 345 g/mol. The van der Waals surface area contributed by atoms with Gasteiger partial charge in [0.05, 0.1) is 0 Å². The lowest BCUT2D eigenvalue weighted by atomic mass is 9.87. The minimum atomic E-state index is -0.201. The zero-order valence-electron chi connectivity index (χ0n) is 14.7. The molecule has 0 aromatic heterocycles. The van der Waals surface area contributed by atoms with Crippen molar-refractivity contribution in [2.24, 2.45) is 5.92 Å². The first kappa shape index (κ1) is 17.0. The summed E-state index contributed by atoms with van der Waals surface area (Å²) in [6, 6.07) is 7.24. The Labute approximate surface area is 149 Å². The van der Waals surface area contributed by atoms with Crippen molar-refractivity contribution < 1.29 is 9.18 Å². The topological polar surface area (TPSA) is 44.4 Å². The lowest BCUT2D eigenvalue weighted by Crippen LogP contribution is -2.50. The number of nitrogens with one attached hydrogen (secondary N) is 2. The second-order valence-electron chi connectivity index (χ2n) is 7.86. The smallest absolute Gasteiger partial charge is 0.223 e. The van der Waals surface area contributed by atoms with Crippen LogP contribution < -0.4 is 10.9 Å². The molecule has 1 aromatic rings. The Bertz CT molecular complexity index is 599. The van der Waals surface area contributed by atoms with Crippen LogP contribution in [0.5, 0.6) is 0 Å². The summed E-state index contributed by atoms with van der Waals surface area (Å²) >= 11 is 0. The molecule has 3 atom stereocenters. The van der Waals surface area contributed by atoms with Crippen LogP contribution in [0, 0.1) is 11.7 Å². The SMILES string of the molecule is O=C(CC1CCCC1)N1CCCC1C1NNCC1c1ccc(F)cc1. The molecule has 1 saturated carbocycles. The number of hydrogen-bond acceptors (Lipinski definition) is 3. The van der Waals surface area contributed by atoms with Gasteiger partial charge < -0.3 is 4.90 Å². The first-order valence-corrected chi connectivity index (χ1v) is 9.75. The van der Waals surface area contributed by atoms with Crippen molar-refractivity contribution >= 4 is 5.91 Å². The van der Waals surface area contributed by atoms with Crippen molar-refractivity contribution in [3.8, 4) is 0 Å². The van der Waals surface area contributed by atoms with Crippen LogP contribution in [-0.2, 0) is 4.79 Å². The molecule has 3 fully saturated rings. The molecular formula is C20H28FN3O. The predicted molar refractivity (Wildman–Crippen MR) is 95.4 cm³/mol. The van der Waals surface area contributed by atoms with E-state index in [2.05, 4.69) is 15.8 Å². The normalized spacial score (nSPS) is 30.3. The molecule has 2 N–H and O–H groups in total. The highest BCUT2D eigenvalue weighted by molar-refractivity contribution is 5.77. The van der Waals surface area contributed by atoms with E-state index in [0.29, 0.717) is 11.8 Å². The summed E-state index contributed by atoms with van der Waals surface area (Å²) < 4.78 is 13.2. The van der Waals surface area contributed by atoms with Crippen LogP contribution in [0.4, 0.5) is 4.39 Å². The van der Waals surface area contributed by atoms with Crippen molar-refractivity contribution in [3.05, 3.63) is 35.6 Å². The van der Waals surface area contributed by atoms with Gasteiger partial charge in [0, 0.05) is 37.5 Å². The first-order chi connectivity index (χ1) is 12.2. The molecular weight excluding hydrogens is 317 g/mol. The third-order valence-corrected chi connectivity index (χ3v) is 6.29. The van der Waals surface area contributed by atoms with Crippen molar-refractivity contribution in [1.82, 2.24) is 15.8 Å². The molecule has 4 nitrogen and oxygen atoms in total. The highest BCUT2D eigenvalue weighted by Gasteiger charge is 2.41. The maximum absolute atomic E-state index is 13.2. The van der Waals surface area contributed by atoms with Crippen LogP contribution >= 0.6 is 0 Å². The van der Waals surface area contributed by atoms with Gasteiger partial charge in [0.15, 0.2) is 0 Å². The molecule has 136 valence electrons. The van der Waals surface area contributed by atoms with Gasteiger partial charge in [-0.1, -0.05) is 25.0 Å². The Morgan fingerprint density at radius 2 is 1.88 bits per heavy atom. The van der Waals surface area contributed by atoms with Gasteiger partial charge in [-0.25, -0.2) is 4.39 Å². The van der Waals surface area contributed by atoms with Crippen LogP contribution in [0.1, 0.15) is 56.4 Å². The molecule has 2 saturated heterocycles. The summed E-state index contributed by atoms with van der Waals surface area (Å²) in [4.78, 5) is 15.0. The second-order valence-corrected chi connectivity index (χ2v) is 7.86. The van der Waals surface area contributed by atoms with E-state index in [1.54, 1.807) is 0 Å². The Morgan fingerprint density at radius 3 is 2.64 bits per heavy atom. The first-order valence-electron chi connectivity index (χ1n) is 9.75. The Balaban J connectivity index is 1.46. The molecule has 3 aliphatic rings. The van der Waals surface area contributed by atoms with Crippen molar-refractivity contribution in [1.29, 1.82) is 0 Å². The number of likely N-dealkylation sites (tertiary alicyclic amines) is 1. The number of halogens is 1. The van der Waals surface area contributed by atoms with Crippen LogP contribution in [0.15, 0.2) is 24.3 Å². The minimum absolute atomic E-state index is 0.195. The number of nitrogens with zero attached hydrogens (tertiary/aromatic N) is 1. The molecule has 5 heteroatoms. The van der Waals surface area contributed by atoms with Crippen LogP contribution in [0.25, 0.3) is 0 Å². The van der Waals surface area contributed by atoms with Gasteiger partial charge in [0.1, 0.15) is 5.82 Å². The van der Waals surface area contributed by atoms with Gasteiger partial charge >= 0.3 is 0 Å². The number of hydrazine groups is 1. The largest absolute Gasteiger partial charge is 0.338 e. The zero-order valence-corrected chi connectivity index (χ0v) is 14.7. The van der Waals surface area contributed by atoms with Gasteiger partial charge in [-0.2, -0.15) is 0 Å². The highest BCUT2D eigenvalue weighted by Crippen LogP contribution is 2.34. The Morgan fingerprint density at radius 1 is 1.12 bits per heavy atom. The quantitative estimate of drug-likeness (QED) is 0.882. The molecule has 2 heterocycles. The molecule has 1 amide bonds. The summed E-state index contributed by atoms with van der Waals surface area (Å²) in [6.45, 7) is 1.70. The highest BCUT2D eigenvalue weighted by atomic mass is 19.1. The van der Waals surface area contributed by atoms with Gasteiger partial charge in [0.25, 0.3) is 0 Å². The molecule has 0 spiro atoms. The summed E-state index contributed by atoms with van der Waals surface area (Å²) in [7, 11) is 0. The molecule has 1 aliphatic carbocycles. The molecule has 3 unspecified atom stereocenters. The Hall–Kier alpha value is -1.46. The number of hydrogen-bond donors (Lipinski definition) is 2. The fourth-order valence-electron chi connectivity index (χ4n) is 4.97. The van der Waals surface area contributed by atoms with Crippen molar-refractivity contribution in [2.45, 2.75) is 62.9 Å². The number of benzene rings is 1. The number of rotatable bonds is 4. The van der Waals surface area contributed by atoms with Gasteiger partial charge in [-0.3, -0.25) is 15.6 Å². The fourth-order valence-corrected chi connectivity index (χ4v) is 4.97. The molecule has 0 bridgehead atoms.